The highest BCUT2D eigenvalue weighted by Gasteiger charge is 2.42. The predicted molar refractivity (Wildman–Crippen MR) is 120 cm³/mol. The molecular formula is C25H36N2O3. The van der Waals surface area contributed by atoms with E-state index in [2.05, 4.69) is 18.7 Å². The van der Waals surface area contributed by atoms with Gasteiger partial charge in [-0.3, -0.25) is 14.5 Å². The van der Waals surface area contributed by atoms with Crippen molar-refractivity contribution < 1.29 is 14.3 Å². The Labute approximate surface area is 181 Å². The smallest absolute Gasteiger partial charge is 0.277 e. The molecule has 1 aromatic rings. The van der Waals surface area contributed by atoms with Crippen LogP contribution in [-0.2, 0) is 9.59 Å². The first-order chi connectivity index (χ1) is 14.6. The van der Waals surface area contributed by atoms with E-state index in [-0.39, 0.29) is 11.8 Å². The van der Waals surface area contributed by atoms with Crippen molar-refractivity contribution in [1.82, 2.24) is 9.80 Å². The molecule has 164 valence electrons. The topological polar surface area (TPSA) is 49.9 Å². The molecule has 0 aliphatic carbocycles. The fourth-order valence-electron chi connectivity index (χ4n) is 4.44. The molecule has 2 heterocycles. The van der Waals surface area contributed by atoms with Gasteiger partial charge in [-0.25, -0.2) is 0 Å². The molecule has 0 unspecified atom stereocenters. The van der Waals surface area contributed by atoms with Gasteiger partial charge in [-0.1, -0.05) is 64.2 Å². The third-order valence-electron chi connectivity index (χ3n) is 6.35. The molecule has 0 atom stereocenters. The minimum atomic E-state index is -0.174. The van der Waals surface area contributed by atoms with Crippen molar-refractivity contribution in [1.29, 1.82) is 0 Å². The number of likely N-dealkylation sites (tertiary alicyclic amines) is 1. The van der Waals surface area contributed by atoms with Gasteiger partial charge in [0, 0.05) is 25.2 Å². The summed E-state index contributed by atoms with van der Waals surface area (Å²) in [5.41, 5.74) is 1.80. The number of piperidine rings is 1. The van der Waals surface area contributed by atoms with Crippen LogP contribution in [0.3, 0.4) is 0 Å². The second-order valence-corrected chi connectivity index (χ2v) is 8.62. The van der Waals surface area contributed by atoms with E-state index < -0.39 is 0 Å². The lowest BCUT2D eigenvalue weighted by Gasteiger charge is -2.32. The van der Waals surface area contributed by atoms with Crippen LogP contribution in [0.15, 0.2) is 30.0 Å². The Bertz CT molecular complexity index is 778. The standard InChI is InChI=1S/C25H36N2O3/c1-4-5-6-7-8-11-16-27-24(28)22(20-12-9-10-13-21(20)30-3)23(25(27)29)26-17-14-19(2)15-18-26/h9-10,12-13,19H,4-8,11,14-18H2,1-3H3. The van der Waals surface area contributed by atoms with Crippen LogP contribution in [0.2, 0.25) is 0 Å². The van der Waals surface area contributed by atoms with Crippen molar-refractivity contribution >= 4 is 17.4 Å². The van der Waals surface area contributed by atoms with E-state index in [0.29, 0.717) is 29.5 Å². The average molecular weight is 413 g/mol. The van der Waals surface area contributed by atoms with Gasteiger partial charge >= 0.3 is 0 Å². The van der Waals surface area contributed by atoms with Crippen molar-refractivity contribution in [3.8, 4) is 5.75 Å². The zero-order chi connectivity index (χ0) is 21.5. The number of carbonyl (C=O) groups is 2. The van der Waals surface area contributed by atoms with Crippen molar-refractivity contribution in [2.45, 2.75) is 65.2 Å². The minimum absolute atomic E-state index is 0.135. The first-order valence-corrected chi connectivity index (χ1v) is 11.6. The molecule has 2 aliphatic rings. The molecule has 0 bridgehead atoms. The number of hydrogen-bond donors (Lipinski definition) is 0. The number of rotatable bonds is 10. The second-order valence-electron chi connectivity index (χ2n) is 8.62. The summed E-state index contributed by atoms with van der Waals surface area (Å²) in [6.07, 6.45) is 8.85. The third kappa shape index (κ3) is 4.88. The predicted octanol–water partition coefficient (Wildman–Crippen LogP) is 4.87. The maximum absolute atomic E-state index is 13.4. The summed E-state index contributed by atoms with van der Waals surface area (Å²) >= 11 is 0. The summed E-state index contributed by atoms with van der Waals surface area (Å²) in [6, 6.07) is 7.53. The summed E-state index contributed by atoms with van der Waals surface area (Å²) in [6.45, 7) is 6.59. The molecule has 1 aromatic carbocycles. The number of para-hydroxylation sites is 1. The van der Waals surface area contributed by atoms with Crippen LogP contribution in [0.4, 0.5) is 0 Å². The lowest BCUT2D eigenvalue weighted by atomic mass is 9.97. The Kier molecular flexibility index (Phi) is 7.94. The van der Waals surface area contributed by atoms with E-state index in [1.54, 1.807) is 7.11 Å². The fraction of sp³-hybridized carbons (Fsp3) is 0.600. The molecule has 0 N–H and O–H groups in total. The molecule has 3 rings (SSSR count). The number of benzene rings is 1. The lowest BCUT2D eigenvalue weighted by Crippen LogP contribution is -2.38. The number of imide groups is 1. The number of hydrogen-bond acceptors (Lipinski definition) is 4. The summed E-state index contributed by atoms with van der Waals surface area (Å²) in [4.78, 5) is 30.4. The Hall–Kier alpha value is -2.30. The molecule has 0 aromatic heterocycles. The quantitative estimate of drug-likeness (QED) is 0.406. The van der Waals surface area contributed by atoms with Crippen molar-refractivity contribution in [3.63, 3.8) is 0 Å². The number of unbranched alkanes of at least 4 members (excludes halogenated alkanes) is 5. The van der Waals surface area contributed by atoms with Crippen LogP contribution in [-0.4, -0.2) is 48.4 Å². The van der Waals surface area contributed by atoms with Gasteiger partial charge in [0.2, 0.25) is 0 Å². The molecule has 2 aliphatic heterocycles. The molecule has 0 spiro atoms. The maximum atomic E-state index is 13.4. The van der Waals surface area contributed by atoms with Crippen LogP contribution in [0, 0.1) is 5.92 Å². The molecule has 30 heavy (non-hydrogen) atoms. The zero-order valence-electron chi connectivity index (χ0n) is 18.8. The molecular weight excluding hydrogens is 376 g/mol. The molecule has 1 fully saturated rings. The van der Waals surface area contributed by atoms with Crippen LogP contribution in [0.5, 0.6) is 5.75 Å². The SMILES string of the molecule is CCCCCCCCN1C(=O)C(c2ccccc2OC)=C(N2CCC(C)CC2)C1=O. The highest BCUT2D eigenvalue weighted by atomic mass is 16.5. The first kappa shape index (κ1) is 22.4. The molecule has 5 nitrogen and oxygen atoms in total. The van der Waals surface area contributed by atoms with Gasteiger partial charge in [-0.15, -0.1) is 0 Å². The van der Waals surface area contributed by atoms with E-state index in [1.165, 1.54) is 24.2 Å². The van der Waals surface area contributed by atoms with E-state index in [9.17, 15) is 9.59 Å². The van der Waals surface area contributed by atoms with Crippen LogP contribution < -0.4 is 4.74 Å². The Morgan fingerprint density at radius 1 is 0.967 bits per heavy atom. The largest absolute Gasteiger partial charge is 0.496 e. The number of ether oxygens (including phenoxy) is 1. The summed E-state index contributed by atoms with van der Waals surface area (Å²) in [5.74, 6) is 0.983. The maximum Gasteiger partial charge on any atom is 0.277 e. The van der Waals surface area contributed by atoms with Gasteiger partial charge in [-0.05, 0) is 31.2 Å². The van der Waals surface area contributed by atoms with Gasteiger partial charge in [0.1, 0.15) is 11.4 Å². The van der Waals surface area contributed by atoms with Crippen LogP contribution in [0.1, 0.15) is 70.8 Å². The van der Waals surface area contributed by atoms with Gasteiger partial charge in [-0.2, -0.15) is 0 Å². The van der Waals surface area contributed by atoms with Gasteiger partial charge in [0.05, 0.1) is 12.7 Å². The van der Waals surface area contributed by atoms with Gasteiger partial charge in [0.25, 0.3) is 11.8 Å². The number of carbonyl (C=O) groups excluding carboxylic acids is 2. The summed E-state index contributed by atoms with van der Waals surface area (Å²) < 4.78 is 5.53. The van der Waals surface area contributed by atoms with E-state index >= 15 is 0 Å². The molecule has 1 saturated heterocycles. The van der Waals surface area contributed by atoms with E-state index in [1.807, 2.05) is 24.3 Å². The summed E-state index contributed by atoms with van der Waals surface area (Å²) in [5, 5.41) is 0. The van der Waals surface area contributed by atoms with Crippen molar-refractivity contribution in [2.75, 3.05) is 26.7 Å². The van der Waals surface area contributed by atoms with Crippen molar-refractivity contribution in [3.05, 3.63) is 35.5 Å². The van der Waals surface area contributed by atoms with E-state index in [0.717, 1.165) is 50.8 Å². The highest BCUT2D eigenvalue weighted by molar-refractivity contribution is 6.36. The third-order valence-corrected chi connectivity index (χ3v) is 6.35. The Balaban J connectivity index is 1.84. The van der Waals surface area contributed by atoms with Crippen molar-refractivity contribution in [2.24, 2.45) is 5.92 Å². The summed E-state index contributed by atoms with van der Waals surface area (Å²) in [7, 11) is 1.61. The zero-order valence-corrected chi connectivity index (χ0v) is 18.8. The normalized spacial score (nSPS) is 18.0. The minimum Gasteiger partial charge on any atom is -0.496 e. The van der Waals surface area contributed by atoms with Crippen LogP contribution >= 0.6 is 0 Å². The number of amides is 2. The first-order valence-electron chi connectivity index (χ1n) is 11.6. The average Bonchev–Trinajstić information content (AvgIpc) is 3.01. The highest BCUT2D eigenvalue weighted by Crippen LogP contribution is 2.37. The van der Waals surface area contributed by atoms with Crippen LogP contribution in [0.25, 0.3) is 5.57 Å². The number of nitrogens with zero attached hydrogens (tertiary/aromatic N) is 2. The molecule has 5 heteroatoms. The lowest BCUT2D eigenvalue weighted by molar-refractivity contribution is -0.137. The fourth-order valence-corrected chi connectivity index (χ4v) is 4.44. The molecule has 0 radical (unpaired) electrons. The van der Waals surface area contributed by atoms with Gasteiger partial charge < -0.3 is 9.64 Å². The van der Waals surface area contributed by atoms with E-state index in [4.69, 9.17) is 4.74 Å². The second kappa shape index (κ2) is 10.6. The Morgan fingerprint density at radius 2 is 1.63 bits per heavy atom. The molecule has 0 saturated carbocycles. The molecule has 2 amide bonds. The monoisotopic (exact) mass is 412 g/mol. The Morgan fingerprint density at radius 3 is 2.33 bits per heavy atom. The van der Waals surface area contributed by atoms with Gasteiger partial charge in [0.15, 0.2) is 0 Å². The number of methoxy groups -OCH3 is 1.